The van der Waals surface area contributed by atoms with Gasteiger partial charge in [-0.3, -0.25) is 10.0 Å². The fourth-order valence-corrected chi connectivity index (χ4v) is 3.10. The van der Waals surface area contributed by atoms with Crippen molar-refractivity contribution in [2.24, 2.45) is 4.99 Å². The molecule has 0 saturated carbocycles. The van der Waals surface area contributed by atoms with Crippen molar-refractivity contribution >= 4 is 27.7 Å². The number of carbonyl (C=O) groups is 2. The second-order valence-electron chi connectivity index (χ2n) is 4.89. The smallest absolute Gasteiger partial charge is 0.347 e. The van der Waals surface area contributed by atoms with Crippen molar-refractivity contribution in [1.29, 1.82) is 0 Å². The number of hydrogen-bond acceptors (Lipinski definition) is 6. The monoisotopic (exact) mass is 362 g/mol. The second-order valence-corrected chi connectivity index (χ2v) is 6.54. The van der Waals surface area contributed by atoms with Crippen LogP contribution in [0.4, 0.5) is 4.79 Å². The van der Waals surface area contributed by atoms with Gasteiger partial charge >= 0.3 is 12.0 Å². The first-order valence-electron chi connectivity index (χ1n) is 6.87. The molecule has 0 bridgehead atoms. The molecule has 0 radical (unpaired) electrons. The Morgan fingerprint density at radius 2 is 2.04 bits per heavy atom. The minimum Gasteiger partial charge on any atom is -0.478 e. The lowest BCUT2D eigenvalue weighted by Gasteiger charge is -2.25. The van der Waals surface area contributed by atoms with Crippen molar-refractivity contribution in [2.45, 2.75) is 11.8 Å². The van der Waals surface area contributed by atoms with Crippen LogP contribution in [0.1, 0.15) is 17.3 Å². The fourth-order valence-electron chi connectivity index (χ4n) is 2.00. The Morgan fingerprint density at radius 3 is 2.68 bits per heavy atom. The molecule has 1 aromatic rings. The predicted molar refractivity (Wildman–Crippen MR) is 89.0 cm³/mol. The number of carboxylic acid groups (broad SMARTS) is 1. The number of nitrogens with zero attached hydrogens (tertiary/aromatic N) is 2. The summed E-state index contributed by atoms with van der Waals surface area (Å²) in [6.45, 7) is 1.74. The van der Waals surface area contributed by atoms with E-state index >= 15 is 0 Å². The Kier molecular flexibility index (Phi) is 5.09. The van der Waals surface area contributed by atoms with Gasteiger partial charge in [-0.2, -0.15) is 0 Å². The lowest BCUT2D eigenvalue weighted by Crippen LogP contribution is -2.49. The van der Waals surface area contributed by atoms with Crippen LogP contribution < -0.4 is 10.1 Å². The van der Waals surface area contributed by atoms with E-state index in [1.807, 2.05) is 0 Å². The van der Waals surface area contributed by atoms with Gasteiger partial charge in [0.1, 0.15) is 17.3 Å². The average molecular weight is 362 g/mol. The molecule has 1 heterocycles. The number of hydrogen-bond donors (Lipinski definition) is 3. The van der Waals surface area contributed by atoms with Crippen molar-refractivity contribution in [2.75, 3.05) is 6.67 Å². The molecule has 0 spiro atoms. The summed E-state index contributed by atoms with van der Waals surface area (Å²) in [7, 11) is -4.40. The molecule has 1 aliphatic rings. The Bertz CT molecular complexity index is 927. The van der Waals surface area contributed by atoms with Crippen LogP contribution in [0.15, 0.2) is 45.9 Å². The van der Waals surface area contributed by atoms with Gasteiger partial charge in [-0.1, -0.05) is 18.1 Å². The quantitative estimate of drug-likeness (QED) is 0.671. The highest BCUT2D eigenvalue weighted by molar-refractivity contribution is 7.90. The van der Waals surface area contributed by atoms with Gasteiger partial charge in [-0.25, -0.2) is 28.2 Å². The van der Waals surface area contributed by atoms with E-state index in [9.17, 15) is 18.0 Å². The fraction of sp³-hybridized carbons (Fsp3) is 0.133. The van der Waals surface area contributed by atoms with E-state index in [2.05, 4.69) is 16.3 Å². The number of urea groups is 1. The highest BCUT2D eigenvalue weighted by atomic mass is 32.2. The third kappa shape index (κ3) is 4.15. The number of aliphatic imine (C=N–C) groups is 1. The first kappa shape index (κ1) is 18.0. The number of carbonyl (C=O) groups excluding carboxylic acids is 1. The molecule has 25 heavy (non-hydrogen) atoms. The topological polar surface area (TPSA) is 128 Å². The Labute approximate surface area is 144 Å². The normalized spacial score (nSPS) is 14.0. The summed E-state index contributed by atoms with van der Waals surface area (Å²) in [4.78, 5) is 26.7. The Balaban J connectivity index is 2.17. The SMILES string of the molecule is C#CC1=CC(C)=NCN1NC(=O)NS(=O)(=O)c1ccccc1C(=O)O. The zero-order chi connectivity index (χ0) is 18.6. The number of terminal acetylenes is 1. The lowest BCUT2D eigenvalue weighted by molar-refractivity contribution is 0.0692. The number of aromatic carboxylic acids is 1. The van der Waals surface area contributed by atoms with Crippen molar-refractivity contribution in [3.05, 3.63) is 41.6 Å². The molecular formula is C15H14N4O5S. The summed E-state index contributed by atoms with van der Waals surface area (Å²) in [5.74, 6) is 0.914. The van der Waals surface area contributed by atoms with E-state index in [0.29, 0.717) is 11.4 Å². The first-order valence-corrected chi connectivity index (χ1v) is 8.35. The highest BCUT2D eigenvalue weighted by Gasteiger charge is 2.25. The molecule has 9 nitrogen and oxygen atoms in total. The molecule has 3 N–H and O–H groups in total. The number of sulfonamides is 1. The minimum absolute atomic E-state index is 0.0149. The minimum atomic E-state index is -4.40. The maximum absolute atomic E-state index is 12.3. The van der Waals surface area contributed by atoms with Crippen molar-refractivity contribution in [3.8, 4) is 12.3 Å². The summed E-state index contributed by atoms with van der Waals surface area (Å²) < 4.78 is 26.3. The van der Waals surface area contributed by atoms with Gasteiger partial charge in [-0.05, 0) is 25.1 Å². The maximum atomic E-state index is 12.3. The number of carboxylic acids is 1. The zero-order valence-electron chi connectivity index (χ0n) is 13.1. The predicted octanol–water partition coefficient (Wildman–Crippen LogP) is 0.539. The van der Waals surface area contributed by atoms with E-state index < -0.39 is 32.5 Å². The summed E-state index contributed by atoms with van der Waals surface area (Å²) in [6.07, 6.45) is 6.87. The molecule has 2 amide bonds. The summed E-state index contributed by atoms with van der Waals surface area (Å²) in [6, 6.07) is 3.83. The molecule has 0 unspecified atom stereocenters. The highest BCUT2D eigenvalue weighted by Crippen LogP contribution is 2.15. The molecule has 0 saturated heterocycles. The Morgan fingerprint density at radius 1 is 1.36 bits per heavy atom. The summed E-state index contributed by atoms with van der Waals surface area (Å²) in [5.41, 5.74) is 2.76. The van der Waals surface area contributed by atoms with E-state index in [1.165, 1.54) is 23.2 Å². The first-order chi connectivity index (χ1) is 11.7. The van der Waals surface area contributed by atoms with E-state index in [0.717, 1.165) is 12.1 Å². The largest absolute Gasteiger partial charge is 0.478 e. The lowest BCUT2D eigenvalue weighted by atomic mass is 10.2. The van der Waals surface area contributed by atoms with Crippen molar-refractivity contribution < 1.29 is 23.1 Å². The van der Waals surface area contributed by atoms with Crippen LogP contribution in [0.3, 0.4) is 0 Å². The molecular weight excluding hydrogens is 348 g/mol. The van der Waals surface area contributed by atoms with Crippen LogP contribution in [0.5, 0.6) is 0 Å². The van der Waals surface area contributed by atoms with Gasteiger partial charge in [0, 0.05) is 5.71 Å². The van der Waals surface area contributed by atoms with Gasteiger partial charge in [0.15, 0.2) is 0 Å². The molecule has 1 aliphatic heterocycles. The number of rotatable bonds is 4. The third-order valence-electron chi connectivity index (χ3n) is 3.12. The van der Waals surface area contributed by atoms with Crippen LogP contribution in [0.25, 0.3) is 0 Å². The summed E-state index contributed by atoms with van der Waals surface area (Å²) >= 11 is 0. The van der Waals surface area contributed by atoms with Crippen LogP contribution in [0, 0.1) is 12.3 Å². The van der Waals surface area contributed by atoms with Crippen molar-refractivity contribution in [1.82, 2.24) is 15.2 Å². The third-order valence-corrected chi connectivity index (χ3v) is 4.51. The number of benzene rings is 1. The van der Waals surface area contributed by atoms with Crippen molar-refractivity contribution in [3.63, 3.8) is 0 Å². The second kappa shape index (κ2) is 7.06. The average Bonchev–Trinajstić information content (AvgIpc) is 2.55. The van der Waals surface area contributed by atoms with Gasteiger partial charge in [-0.15, -0.1) is 6.42 Å². The molecule has 1 aromatic carbocycles. The number of allylic oxidation sites excluding steroid dienone is 2. The number of hydrazine groups is 1. The van der Waals surface area contributed by atoms with E-state index in [4.69, 9.17) is 11.5 Å². The van der Waals surface area contributed by atoms with Gasteiger partial charge in [0.2, 0.25) is 0 Å². The maximum Gasteiger partial charge on any atom is 0.347 e. The van der Waals surface area contributed by atoms with Gasteiger partial charge in [0.05, 0.1) is 5.56 Å². The van der Waals surface area contributed by atoms with Crippen LogP contribution in [-0.2, 0) is 10.0 Å². The summed E-state index contributed by atoms with van der Waals surface area (Å²) in [5, 5.41) is 10.3. The number of amides is 2. The van der Waals surface area contributed by atoms with E-state index in [1.54, 1.807) is 11.6 Å². The molecule has 0 aromatic heterocycles. The number of nitrogens with one attached hydrogen (secondary N) is 2. The molecule has 10 heteroatoms. The van der Waals surface area contributed by atoms with Crippen LogP contribution in [-0.4, -0.2) is 42.9 Å². The van der Waals surface area contributed by atoms with E-state index in [-0.39, 0.29) is 6.67 Å². The molecule has 0 fully saturated rings. The van der Waals surface area contributed by atoms with Gasteiger partial charge < -0.3 is 5.11 Å². The molecule has 130 valence electrons. The molecule has 2 rings (SSSR count). The zero-order valence-corrected chi connectivity index (χ0v) is 13.9. The van der Waals surface area contributed by atoms with Gasteiger partial charge in [0.25, 0.3) is 10.0 Å². The van der Waals surface area contributed by atoms with Crippen LogP contribution >= 0.6 is 0 Å². The molecule has 0 atom stereocenters. The molecule has 0 aliphatic carbocycles. The van der Waals surface area contributed by atoms with Crippen LogP contribution in [0.2, 0.25) is 0 Å². The Hall–Kier alpha value is -3.32. The standard InChI is InChI=1S/C15H14N4O5S/c1-3-11-8-10(2)16-9-19(11)17-15(22)18-25(23,24)13-7-5-4-6-12(13)14(20)21/h1,4-8H,9H2,2H3,(H,20,21)(H2,17,18,22).